The molecule has 0 aromatic rings. The van der Waals surface area contributed by atoms with Crippen molar-refractivity contribution in [2.75, 3.05) is 12.9 Å². The van der Waals surface area contributed by atoms with Crippen LogP contribution in [-0.4, -0.2) is 41.2 Å². The number of hydrogen-bond acceptors (Lipinski definition) is 4. The molecule has 0 aliphatic rings. The lowest BCUT2D eigenvalue weighted by atomic mass is 10.2. The highest BCUT2D eigenvalue weighted by atomic mass is 32.2. The molecular formula is C9H20N2O2S. The van der Waals surface area contributed by atoms with E-state index in [0.717, 1.165) is 0 Å². The lowest BCUT2D eigenvalue weighted by molar-refractivity contribution is -0.123. The van der Waals surface area contributed by atoms with Crippen LogP contribution in [-0.2, 0) is 4.79 Å². The molecule has 1 amide bonds. The minimum absolute atomic E-state index is 0.0306. The van der Waals surface area contributed by atoms with Gasteiger partial charge in [0.25, 0.3) is 0 Å². The molecule has 3 atom stereocenters. The van der Waals surface area contributed by atoms with Crippen LogP contribution in [0, 0.1) is 0 Å². The number of nitrogens with one attached hydrogen (secondary N) is 1. The Balaban J connectivity index is 4.03. The minimum atomic E-state index is -0.446. The molecule has 5 heteroatoms. The number of nitrogens with two attached hydrogens (primary N) is 1. The third-order valence-corrected chi connectivity index (χ3v) is 3.35. The molecule has 0 heterocycles. The van der Waals surface area contributed by atoms with Crippen LogP contribution in [0.4, 0.5) is 0 Å². The average molecular weight is 220 g/mol. The second-order valence-electron chi connectivity index (χ2n) is 3.27. The second-order valence-corrected chi connectivity index (χ2v) is 4.35. The van der Waals surface area contributed by atoms with Gasteiger partial charge >= 0.3 is 0 Å². The fraction of sp³-hybridized carbons (Fsp3) is 0.889. The zero-order valence-electron chi connectivity index (χ0n) is 8.99. The van der Waals surface area contributed by atoms with Crippen LogP contribution in [0.15, 0.2) is 0 Å². The van der Waals surface area contributed by atoms with E-state index in [4.69, 9.17) is 10.8 Å². The smallest absolute Gasteiger partial charge is 0.237 e. The van der Waals surface area contributed by atoms with E-state index in [1.807, 2.05) is 20.1 Å². The molecule has 0 rings (SSSR count). The van der Waals surface area contributed by atoms with Crippen LogP contribution in [0.3, 0.4) is 0 Å². The average Bonchev–Trinajstić information content (AvgIpc) is 2.18. The molecule has 4 nitrogen and oxygen atoms in total. The Morgan fingerprint density at radius 1 is 1.64 bits per heavy atom. The van der Waals surface area contributed by atoms with Crippen molar-refractivity contribution < 1.29 is 9.90 Å². The van der Waals surface area contributed by atoms with E-state index >= 15 is 0 Å². The van der Waals surface area contributed by atoms with Crippen molar-refractivity contribution in [2.24, 2.45) is 5.73 Å². The molecule has 0 spiro atoms. The van der Waals surface area contributed by atoms with Gasteiger partial charge < -0.3 is 16.2 Å². The second kappa shape index (κ2) is 7.09. The van der Waals surface area contributed by atoms with Gasteiger partial charge in [0, 0.05) is 11.3 Å². The van der Waals surface area contributed by atoms with Crippen molar-refractivity contribution in [1.82, 2.24) is 5.32 Å². The van der Waals surface area contributed by atoms with Gasteiger partial charge in [0.15, 0.2) is 0 Å². The number of carbonyl (C=O) groups is 1. The highest BCUT2D eigenvalue weighted by molar-refractivity contribution is 7.99. The quantitative estimate of drug-likeness (QED) is 0.587. The van der Waals surface area contributed by atoms with Gasteiger partial charge in [-0.3, -0.25) is 4.79 Å². The molecule has 0 bridgehead atoms. The normalized spacial score (nSPS) is 17.2. The maximum atomic E-state index is 11.4. The number of aliphatic hydroxyl groups excluding tert-OH is 1. The predicted octanol–water partition coefficient (Wildman–Crippen LogP) is -0.0477. The Hall–Kier alpha value is -0.260. The number of thioether (sulfide) groups is 1. The van der Waals surface area contributed by atoms with Crippen LogP contribution in [0.25, 0.3) is 0 Å². The molecule has 4 N–H and O–H groups in total. The largest absolute Gasteiger partial charge is 0.395 e. The van der Waals surface area contributed by atoms with E-state index in [0.29, 0.717) is 6.42 Å². The summed E-state index contributed by atoms with van der Waals surface area (Å²) < 4.78 is 0. The summed E-state index contributed by atoms with van der Waals surface area (Å²) in [6, 6.07) is -0.501. The molecule has 0 aliphatic carbocycles. The third-order valence-electron chi connectivity index (χ3n) is 2.19. The lowest BCUT2D eigenvalue weighted by Gasteiger charge is -2.22. The Kier molecular flexibility index (Phi) is 6.96. The lowest BCUT2D eigenvalue weighted by Crippen LogP contribution is -2.48. The molecule has 0 saturated heterocycles. The van der Waals surface area contributed by atoms with E-state index in [-0.39, 0.29) is 23.8 Å². The predicted molar refractivity (Wildman–Crippen MR) is 60.3 cm³/mol. The van der Waals surface area contributed by atoms with E-state index in [2.05, 4.69) is 5.32 Å². The first-order valence-corrected chi connectivity index (χ1v) is 6.05. The fourth-order valence-corrected chi connectivity index (χ4v) is 1.67. The maximum Gasteiger partial charge on any atom is 0.237 e. The van der Waals surface area contributed by atoms with Crippen molar-refractivity contribution in [3.8, 4) is 0 Å². The first-order valence-electron chi connectivity index (χ1n) is 4.76. The van der Waals surface area contributed by atoms with Gasteiger partial charge in [-0.25, -0.2) is 0 Å². The molecule has 0 aromatic carbocycles. The summed E-state index contributed by atoms with van der Waals surface area (Å²) >= 11 is 1.53. The van der Waals surface area contributed by atoms with Crippen molar-refractivity contribution in [2.45, 2.75) is 37.6 Å². The first kappa shape index (κ1) is 13.7. The molecule has 14 heavy (non-hydrogen) atoms. The number of carbonyl (C=O) groups excluding carboxylic acids is 1. The van der Waals surface area contributed by atoms with Gasteiger partial charge in [0.05, 0.1) is 12.6 Å². The highest BCUT2D eigenvalue weighted by Crippen LogP contribution is 2.10. The number of aliphatic hydroxyl groups is 1. The van der Waals surface area contributed by atoms with Crippen LogP contribution in [0.1, 0.15) is 20.3 Å². The first-order chi connectivity index (χ1) is 6.56. The summed E-state index contributed by atoms with van der Waals surface area (Å²) in [6.45, 7) is 3.80. The molecule has 84 valence electrons. The molecule has 0 fully saturated rings. The molecule has 0 saturated carbocycles. The Morgan fingerprint density at radius 2 is 2.21 bits per heavy atom. The van der Waals surface area contributed by atoms with Gasteiger partial charge in [0.1, 0.15) is 0 Å². The zero-order valence-corrected chi connectivity index (χ0v) is 9.80. The summed E-state index contributed by atoms with van der Waals surface area (Å²) in [5, 5.41) is 11.8. The van der Waals surface area contributed by atoms with Crippen LogP contribution >= 0.6 is 11.8 Å². The van der Waals surface area contributed by atoms with Crippen molar-refractivity contribution >= 4 is 17.7 Å². The monoisotopic (exact) mass is 220 g/mol. The van der Waals surface area contributed by atoms with Gasteiger partial charge in [-0.05, 0) is 19.6 Å². The molecule has 0 aromatic heterocycles. The highest BCUT2D eigenvalue weighted by Gasteiger charge is 2.19. The van der Waals surface area contributed by atoms with E-state index in [1.54, 1.807) is 0 Å². The van der Waals surface area contributed by atoms with Crippen LogP contribution in [0.2, 0.25) is 0 Å². The minimum Gasteiger partial charge on any atom is -0.395 e. The summed E-state index contributed by atoms with van der Waals surface area (Å²) in [5.41, 5.74) is 5.57. The van der Waals surface area contributed by atoms with Gasteiger partial charge in [-0.15, -0.1) is 0 Å². The Labute approximate surface area is 89.6 Å². The summed E-state index contributed by atoms with van der Waals surface area (Å²) in [4.78, 5) is 11.4. The van der Waals surface area contributed by atoms with E-state index in [1.165, 1.54) is 11.8 Å². The van der Waals surface area contributed by atoms with Crippen LogP contribution < -0.4 is 11.1 Å². The molecular weight excluding hydrogens is 200 g/mol. The number of hydrogen-bond donors (Lipinski definition) is 3. The van der Waals surface area contributed by atoms with Gasteiger partial charge in [-0.1, -0.05) is 6.92 Å². The third kappa shape index (κ3) is 4.30. The van der Waals surface area contributed by atoms with E-state index < -0.39 is 6.04 Å². The van der Waals surface area contributed by atoms with E-state index in [9.17, 15) is 4.79 Å². The molecule has 0 radical (unpaired) electrons. The summed E-state index contributed by atoms with van der Waals surface area (Å²) in [5.74, 6) is -0.146. The Bertz CT molecular complexity index is 174. The summed E-state index contributed by atoms with van der Waals surface area (Å²) in [7, 11) is 0. The van der Waals surface area contributed by atoms with Crippen LogP contribution in [0.5, 0.6) is 0 Å². The SMILES string of the molecule is CC[C@@H](N)C(=O)NC(C)C(CO)SC. The van der Waals surface area contributed by atoms with Crippen molar-refractivity contribution in [1.29, 1.82) is 0 Å². The van der Waals surface area contributed by atoms with Crippen molar-refractivity contribution in [3.63, 3.8) is 0 Å². The standard InChI is InChI=1S/C9H20N2O2S/c1-4-7(10)9(13)11-6(2)8(5-12)14-3/h6-8,12H,4-5,10H2,1-3H3,(H,11,13)/t6?,7-,8?/m1/s1. The number of rotatable bonds is 6. The topological polar surface area (TPSA) is 75.4 Å². The Morgan fingerprint density at radius 3 is 2.57 bits per heavy atom. The fourth-order valence-electron chi connectivity index (χ4n) is 1.05. The van der Waals surface area contributed by atoms with Gasteiger partial charge in [0.2, 0.25) is 5.91 Å². The molecule has 2 unspecified atom stereocenters. The van der Waals surface area contributed by atoms with Crippen molar-refractivity contribution in [3.05, 3.63) is 0 Å². The maximum absolute atomic E-state index is 11.4. The molecule has 0 aliphatic heterocycles. The zero-order chi connectivity index (χ0) is 11.1. The van der Waals surface area contributed by atoms with Gasteiger partial charge in [-0.2, -0.15) is 11.8 Å². The number of amides is 1. The summed E-state index contributed by atoms with van der Waals surface area (Å²) in [6.07, 6.45) is 2.53.